The minimum absolute atomic E-state index is 0.0409. The molecule has 0 aliphatic carbocycles. The van der Waals surface area contributed by atoms with Crippen LogP contribution >= 0.6 is 11.3 Å². The lowest BCUT2D eigenvalue weighted by Crippen LogP contribution is -2.28. The Morgan fingerprint density at radius 3 is 2.08 bits per heavy atom. The normalized spacial score (nSPS) is 10.9. The van der Waals surface area contributed by atoms with Gasteiger partial charge >= 0.3 is 6.61 Å². The van der Waals surface area contributed by atoms with E-state index in [-0.39, 0.29) is 16.5 Å². The topological polar surface area (TPSA) is 38.3 Å². The summed E-state index contributed by atoms with van der Waals surface area (Å²) in [5, 5.41) is 4.40. The van der Waals surface area contributed by atoms with Gasteiger partial charge in [0.2, 0.25) is 0 Å². The Morgan fingerprint density at radius 2 is 1.54 bits per heavy atom. The Balaban J connectivity index is 1.76. The molecule has 1 N–H and O–H groups in total. The van der Waals surface area contributed by atoms with E-state index in [4.69, 9.17) is 0 Å². The number of hydrogen-bond acceptors (Lipinski definition) is 3. The van der Waals surface area contributed by atoms with Crippen LogP contribution < -0.4 is 10.1 Å². The van der Waals surface area contributed by atoms with Crippen molar-refractivity contribution in [3.05, 3.63) is 88.1 Å². The van der Waals surface area contributed by atoms with Crippen LogP contribution in [0.5, 0.6) is 5.75 Å². The van der Waals surface area contributed by atoms with Crippen LogP contribution in [0.2, 0.25) is 0 Å². The van der Waals surface area contributed by atoms with Gasteiger partial charge in [-0.25, -0.2) is 0 Å². The Kier molecular flexibility index (Phi) is 5.96. The minimum atomic E-state index is -2.96. The number of thiophene rings is 1. The molecule has 0 fully saturated rings. The minimum Gasteiger partial charge on any atom is -0.433 e. The van der Waals surface area contributed by atoms with E-state index in [1.165, 1.54) is 6.07 Å². The maximum atomic E-state index is 12.4. The van der Waals surface area contributed by atoms with Gasteiger partial charge in [0.15, 0.2) is 0 Å². The summed E-state index contributed by atoms with van der Waals surface area (Å²) in [5.74, 6) is -0.563. The van der Waals surface area contributed by atoms with Crippen molar-refractivity contribution in [2.45, 2.75) is 12.5 Å². The summed E-state index contributed by atoms with van der Waals surface area (Å²) in [6, 6.07) is 21.0. The summed E-state index contributed by atoms with van der Waals surface area (Å²) >= 11 is 1.07. The Labute approximate surface area is 154 Å². The lowest BCUT2D eigenvalue weighted by atomic mass is 9.91. The number of rotatable bonds is 7. The highest BCUT2D eigenvalue weighted by molar-refractivity contribution is 7.12. The van der Waals surface area contributed by atoms with Gasteiger partial charge in [-0.1, -0.05) is 60.7 Å². The molecule has 2 aromatic carbocycles. The maximum absolute atomic E-state index is 12.4. The van der Waals surface area contributed by atoms with Gasteiger partial charge in [-0.05, 0) is 22.6 Å². The number of carbonyl (C=O) groups is 1. The number of carbonyl (C=O) groups excluding carboxylic acids is 1. The van der Waals surface area contributed by atoms with E-state index in [1.54, 1.807) is 5.38 Å². The fraction of sp³-hybridized carbons (Fsp3) is 0.150. The van der Waals surface area contributed by atoms with E-state index >= 15 is 0 Å². The number of hydrogen-bond donors (Lipinski definition) is 1. The molecule has 3 aromatic rings. The molecule has 0 unspecified atom stereocenters. The van der Waals surface area contributed by atoms with E-state index in [0.717, 1.165) is 22.5 Å². The number of ether oxygens (including phenoxy) is 1. The SMILES string of the molecule is O=C(NCC(c1ccccc1)c1ccccc1)c1sccc1OC(F)F. The number of amides is 1. The van der Waals surface area contributed by atoms with E-state index in [2.05, 4.69) is 10.1 Å². The van der Waals surface area contributed by atoms with Gasteiger partial charge in [-0.2, -0.15) is 8.78 Å². The summed E-state index contributed by atoms with van der Waals surface area (Å²) in [6.07, 6.45) is 0. The van der Waals surface area contributed by atoms with Crippen molar-refractivity contribution in [2.75, 3.05) is 6.54 Å². The molecular weight excluding hydrogens is 356 g/mol. The van der Waals surface area contributed by atoms with Crippen molar-refractivity contribution >= 4 is 17.2 Å². The number of alkyl halides is 2. The van der Waals surface area contributed by atoms with Crippen LogP contribution in [0.4, 0.5) is 8.78 Å². The molecule has 0 saturated heterocycles. The van der Waals surface area contributed by atoms with Crippen molar-refractivity contribution in [3.63, 3.8) is 0 Å². The molecule has 1 aromatic heterocycles. The molecule has 3 rings (SSSR count). The third-order valence-electron chi connectivity index (χ3n) is 3.92. The fourth-order valence-electron chi connectivity index (χ4n) is 2.73. The third kappa shape index (κ3) is 4.46. The monoisotopic (exact) mass is 373 g/mol. The lowest BCUT2D eigenvalue weighted by molar-refractivity contribution is -0.0498. The predicted molar refractivity (Wildman–Crippen MR) is 98.0 cm³/mol. The molecule has 134 valence electrons. The highest BCUT2D eigenvalue weighted by atomic mass is 32.1. The molecule has 26 heavy (non-hydrogen) atoms. The Hall–Kier alpha value is -2.73. The molecule has 0 spiro atoms. The van der Waals surface area contributed by atoms with Crippen LogP contribution in [0.1, 0.15) is 26.7 Å². The van der Waals surface area contributed by atoms with E-state index < -0.39 is 12.5 Å². The summed E-state index contributed by atoms with van der Waals surface area (Å²) in [5.41, 5.74) is 2.13. The second-order valence-corrected chi connectivity index (χ2v) is 6.49. The molecule has 1 heterocycles. The van der Waals surface area contributed by atoms with E-state index in [9.17, 15) is 13.6 Å². The molecule has 0 bridgehead atoms. The average molecular weight is 373 g/mol. The van der Waals surface area contributed by atoms with Gasteiger partial charge in [0.05, 0.1) is 0 Å². The average Bonchev–Trinajstić information content (AvgIpc) is 3.11. The molecule has 0 aliphatic heterocycles. The van der Waals surface area contributed by atoms with Crippen LogP contribution in [-0.2, 0) is 0 Å². The van der Waals surface area contributed by atoms with Crippen LogP contribution in [0, 0.1) is 0 Å². The number of nitrogens with one attached hydrogen (secondary N) is 1. The van der Waals surface area contributed by atoms with Gasteiger partial charge in [0.1, 0.15) is 10.6 Å². The molecule has 1 amide bonds. The summed E-state index contributed by atoms with van der Waals surface area (Å²) < 4.78 is 29.3. The number of halogens is 2. The van der Waals surface area contributed by atoms with Crippen LogP contribution in [0.25, 0.3) is 0 Å². The first-order chi connectivity index (χ1) is 12.6. The predicted octanol–water partition coefficient (Wildman–Crippen LogP) is 4.91. The molecule has 6 heteroatoms. The van der Waals surface area contributed by atoms with Gasteiger partial charge in [0.25, 0.3) is 5.91 Å². The molecule has 0 saturated carbocycles. The van der Waals surface area contributed by atoms with Gasteiger partial charge < -0.3 is 10.1 Å². The highest BCUT2D eigenvalue weighted by Crippen LogP contribution is 2.27. The summed E-state index contributed by atoms with van der Waals surface area (Å²) in [6.45, 7) is -2.61. The van der Waals surface area contributed by atoms with Gasteiger partial charge in [0, 0.05) is 12.5 Å². The Bertz CT molecular complexity index is 798. The highest BCUT2D eigenvalue weighted by Gasteiger charge is 2.20. The molecule has 3 nitrogen and oxygen atoms in total. The maximum Gasteiger partial charge on any atom is 0.387 e. The third-order valence-corrected chi connectivity index (χ3v) is 4.82. The van der Waals surface area contributed by atoms with Crippen LogP contribution in [0.15, 0.2) is 72.1 Å². The second kappa shape index (κ2) is 8.58. The van der Waals surface area contributed by atoms with Gasteiger partial charge in [-0.15, -0.1) is 11.3 Å². The summed E-state index contributed by atoms with van der Waals surface area (Å²) in [7, 11) is 0. The summed E-state index contributed by atoms with van der Waals surface area (Å²) in [4.78, 5) is 12.6. The zero-order valence-electron chi connectivity index (χ0n) is 13.8. The van der Waals surface area contributed by atoms with Crippen molar-refractivity contribution < 1.29 is 18.3 Å². The molecule has 0 aliphatic rings. The largest absolute Gasteiger partial charge is 0.433 e. The Morgan fingerprint density at radius 1 is 0.962 bits per heavy atom. The van der Waals surface area contributed by atoms with Crippen molar-refractivity contribution in [2.24, 2.45) is 0 Å². The first-order valence-electron chi connectivity index (χ1n) is 8.05. The first-order valence-corrected chi connectivity index (χ1v) is 8.93. The standard InChI is InChI=1S/C20H17F2NO2S/c21-20(22)25-17-11-12-26-18(17)19(24)23-13-16(14-7-3-1-4-8-14)15-9-5-2-6-10-15/h1-12,16,20H,13H2,(H,23,24). The molecular formula is C20H17F2NO2S. The van der Waals surface area contributed by atoms with Crippen molar-refractivity contribution in [3.8, 4) is 5.75 Å². The smallest absolute Gasteiger partial charge is 0.387 e. The zero-order chi connectivity index (χ0) is 18.4. The van der Waals surface area contributed by atoms with Crippen LogP contribution in [0.3, 0.4) is 0 Å². The van der Waals surface area contributed by atoms with E-state index in [1.807, 2.05) is 60.7 Å². The second-order valence-electron chi connectivity index (χ2n) is 5.58. The fourth-order valence-corrected chi connectivity index (χ4v) is 3.46. The van der Waals surface area contributed by atoms with Crippen LogP contribution in [-0.4, -0.2) is 19.1 Å². The van der Waals surface area contributed by atoms with Crippen molar-refractivity contribution in [1.29, 1.82) is 0 Å². The quantitative estimate of drug-likeness (QED) is 0.639. The first kappa shape index (κ1) is 18.1. The van der Waals surface area contributed by atoms with E-state index in [0.29, 0.717) is 6.54 Å². The molecule has 0 atom stereocenters. The number of benzene rings is 2. The zero-order valence-corrected chi connectivity index (χ0v) is 14.6. The van der Waals surface area contributed by atoms with Gasteiger partial charge in [-0.3, -0.25) is 4.79 Å². The lowest BCUT2D eigenvalue weighted by Gasteiger charge is -2.19. The van der Waals surface area contributed by atoms with Crippen molar-refractivity contribution in [1.82, 2.24) is 5.32 Å². The molecule has 0 radical (unpaired) electrons.